The summed E-state index contributed by atoms with van der Waals surface area (Å²) in [7, 11) is 1.43. The van der Waals surface area contributed by atoms with Crippen LogP contribution in [0.3, 0.4) is 0 Å². The minimum Gasteiger partial charge on any atom is -0.493 e. The Morgan fingerprint density at radius 1 is 1.00 bits per heavy atom. The number of hydrogen-bond acceptors (Lipinski definition) is 12. The second-order valence-electron chi connectivity index (χ2n) is 12.2. The molecular weight excluding hydrogens is 710 g/mol. The molecule has 0 saturated heterocycles. The standard InChI is InChI=1S/C39H42ClNO12/c1-49-37-21-26(15-19-39(46)52-31-11-6-8-27(20-31)24-51-41(47)48)14-18-36(37)53-38(45)13-5-3-2-4-12-32-33(35(44)23-34(32)43)17-16-29(42)25-50-30-10-7-9-28(40)22-30/h2,4,6-11,14-22,29,32-35,42-44H,3,5,12-13,23-25H2,1H3/b4-2-,17-16+,19-15+/t29-,32-,33-,34+,35-/m1/s1. The number of rotatable bonds is 19. The average Bonchev–Trinajstić information content (AvgIpc) is 3.40. The van der Waals surface area contributed by atoms with Gasteiger partial charge in [0.25, 0.3) is 5.09 Å². The Kier molecular flexibility index (Phi) is 15.9. The van der Waals surface area contributed by atoms with Crippen molar-refractivity contribution in [3.8, 4) is 23.0 Å². The van der Waals surface area contributed by atoms with E-state index in [4.69, 9.17) is 30.5 Å². The lowest BCUT2D eigenvalue weighted by molar-refractivity contribution is -0.763. The zero-order chi connectivity index (χ0) is 38.2. The molecule has 1 aliphatic rings. The molecular formula is C39H42ClNO12. The van der Waals surface area contributed by atoms with E-state index in [0.717, 1.165) is 0 Å². The molecule has 1 fully saturated rings. The molecule has 1 saturated carbocycles. The number of carbonyl (C=O) groups is 2. The molecule has 0 heterocycles. The van der Waals surface area contributed by atoms with E-state index in [2.05, 4.69) is 4.84 Å². The number of allylic oxidation sites excluding steroid dienone is 2. The summed E-state index contributed by atoms with van der Waals surface area (Å²) < 4.78 is 21.7. The molecule has 0 spiro atoms. The van der Waals surface area contributed by atoms with Gasteiger partial charge in [-0.15, -0.1) is 10.1 Å². The molecule has 4 rings (SSSR count). The molecule has 3 aromatic carbocycles. The highest BCUT2D eigenvalue weighted by Crippen LogP contribution is 2.36. The van der Waals surface area contributed by atoms with Crippen LogP contribution >= 0.6 is 11.6 Å². The number of carbonyl (C=O) groups excluding carboxylic acids is 2. The highest BCUT2D eigenvalue weighted by atomic mass is 35.5. The van der Waals surface area contributed by atoms with E-state index in [-0.39, 0.29) is 55.1 Å². The van der Waals surface area contributed by atoms with Crippen molar-refractivity contribution in [1.82, 2.24) is 0 Å². The summed E-state index contributed by atoms with van der Waals surface area (Å²) >= 11 is 5.96. The summed E-state index contributed by atoms with van der Waals surface area (Å²) in [6.07, 6.45) is 9.50. The fourth-order valence-electron chi connectivity index (χ4n) is 5.68. The van der Waals surface area contributed by atoms with E-state index >= 15 is 0 Å². The van der Waals surface area contributed by atoms with E-state index in [0.29, 0.717) is 41.2 Å². The van der Waals surface area contributed by atoms with E-state index in [1.54, 1.807) is 66.7 Å². The van der Waals surface area contributed by atoms with Gasteiger partial charge in [-0.1, -0.05) is 60.2 Å². The first-order chi connectivity index (χ1) is 25.5. The fraction of sp³-hybridized carbons (Fsp3) is 0.333. The quantitative estimate of drug-likeness (QED) is 0.0245. The van der Waals surface area contributed by atoms with Gasteiger partial charge in [-0.2, -0.15) is 0 Å². The molecule has 0 aromatic heterocycles. The van der Waals surface area contributed by atoms with Gasteiger partial charge in [0.05, 0.1) is 19.3 Å². The summed E-state index contributed by atoms with van der Waals surface area (Å²) in [6.45, 7) is -0.269. The van der Waals surface area contributed by atoms with Crippen LogP contribution in [0.2, 0.25) is 5.02 Å². The van der Waals surface area contributed by atoms with Crippen LogP contribution in [0, 0.1) is 22.0 Å². The summed E-state index contributed by atoms with van der Waals surface area (Å²) in [5.74, 6) is -0.476. The van der Waals surface area contributed by atoms with Crippen molar-refractivity contribution in [2.24, 2.45) is 11.8 Å². The number of aliphatic hydroxyl groups excluding tert-OH is 3. The topological polar surface area (TPSA) is 184 Å². The Morgan fingerprint density at radius 2 is 1.79 bits per heavy atom. The summed E-state index contributed by atoms with van der Waals surface area (Å²) in [6, 6.07) is 17.8. The minimum atomic E-state index is -0.911. The van der Waals surface area contributed by atoms with Crippen LogP contribution in [-0.4, -0.2) is 64.4 Å². The van der Waals surface area contributed by atoms with Crippen molar-refractivity contribution in [2.75, 3.05) is 13.7 Å². The summed E-state index contributed by atoms with van der Waals surface area (Å²) in [4.78, 5) is 39.6. The maximum Gasteiger partial charge on any atom is 0.336 e. The molecule has 0 radical (unpaired) electrons. The first-order valence-corrected chi connectivity index (χ1v) is 17.3. The Labute approximate surface area is 311 Å². The number of aliphatic hydroxyl groups is 3. The maximum absolute atomic E-state index is 12.6. The molecule has 3 N–H and O–H groups in total. The SMILES string of the molecule is COc1cc(/C=C/C(=O)Oc2cccc(CO[N+](=O)[O-])c2)ccc1OC(=O)CCC/C=C\C[C@@H]1[C@@H](/C=C/[C@@H](O)COc2cccc(Cl)c2)[C@H](O)C[C@@H]1O. The number of halogens is 1. The van der Waals surface area contributed by atoms with Gasteiger partial charge in [-0.3, -0.25) is 4.79 Å². The van der Waals surface area contributed by atoms with Gasteiger partial charge in [0.1, 0.15) is 30.8 Å². The third-order valence-electron chi connectivity index (χ3n) is 8.29. The predicted molar refractivity (Wildman–Crippen MR) is 195 cm³/mol. The summed E-state index contributed by atoms with van der Waals surface area (Å²) in [5.41, 5.74) is 1.03. The van der Waals surface area contributed by atoms with Crippen LogP contribution in [0.4, 0.5) is 0 Å². The first kappa shape index (κ1) is 40.6. The third kappa shape index (κ3) is 13.7. The zero-order valence-electron chi connectivity index (χ0n) is 29.0. The second-order valence-corrected chi connectivity index (χ2v) is 12.7. The van der Waals surface area contributed by atoms with Crippen LogP contribution in [0.1, 0.15) is 43.2 Å². The smallest absolute Gasteiger partial charge is 0.336 e. The second kappa shape index (κ2) is 20.7. The van der Waals surface area contributed by atoms with Crippen molar-refractivity contribution in [3.05, 3.63) is 123 Å². The lowest BCUT2D eigenvalue weighted by Gasteiger charge is -2.19. The Morgan fingerprint density at radius 3 is 2.57 bits per heavy atom. The molecule has 53 heavy (non-hydrogen) atoms. The predicted octanol–water partition coefficient (Wildman–Crippen LogP) is 6.05. The Balaban J connectivity index is 1.19. The number of unbranched alkanes of at least 4 members (excludes halogenated alkanes) is 1. The van der Waals surface area contributed by atoms with Crippen molar-refractivity contribution in [2.45, 2.75) is 57.0 Å². The van der Waals surface area contributed by atoms with Crippen LogP contribution in [0.25, 0.3) is 6.08 Å². The van der Waals surface area contributed by atoms with E-state index in [9.17, 15) is 35.0 Å². The van der Waals surface area contributed by atoms with Gasteiger partial charge >= 0.3 is 11.9 Å². The Hall–Kier alpha value is -5.21. The lowest BCUT2D eigenvalue weighted by atomic mass is 9.89. The van der Waals surface area contributed by atoms with E-state index < -0.39 is 35.3 Å². The average molecular weight is 752 g/mol. The molecule has 0 unspecified atom stereocenters. The van der Waals surface area contributed by atoms with Gasteiger partial charge in [-0.25, -0.2) is 4.79 Å². The maximum atomic E-state index is 12.6. The molecule has 13 nitrogen and oxygen atoms in total. The van der Waals surface area contributed by atoms with Crippen molar-refractivity contribution >= 4 is 29.6 Å². The fourth-order valence-corrected chi connectivity index (χ4v) is 5.86. The van der Waals surface area contributed by atoms with Crippen LogP contribution in [-0.2, 0) is 21.0 Å². The van der Waals surface area contributed by atoms with Gasteiger partial charge in [0, 0.05) is 29.9 Å². The van der Waals surface area contributed by atoms with Crippen LogP contribution in [0.5, 0.6) is 23.0 Å². The molecule has 5 atom stereocenters. The first-order valence-electron chi connectivity index (χ1n) is 16.9. The highest BCUT2D eigenvalue weighted by Gasteiger charge is 2.39. The molecule has 3 aromatic rings. The van der Waals surface area contributed by atoms with Crippen molar-refractivity contribution in [1.29, 1.82) is 0 Å². The van der Waals surface area contributed by atoms with Gasteiger partial charge < -0.3 is 39.1 Å². The molecule has 0 bridgehead atoms. The minimum absolute atomic E-state index is 0.0101. The third-order valence-corrected chi connectivity index (χ3v) is 8.53. The number of methoxy groups -OCH3 is 1. The number of ether oxygens (including phenoxy) is 4. The van der Waals surface area contributed by atoms with Gasteiger partial charge in [-0.05, 0) is 84.8 Å². The van der Waals surface area contributed by atoms with E-state index in [1.807, 2.05) is 12.2 Å². The summed E-state index contributed by atoms with van der Waals surface area (Å²) in [5, 5.41) is 41.5. The Bertz CT molecular complexity index is 1780. The molecule has 0 aliphatic heterocycles. The van der Waals surface area contributed by atoms with Crippen molar-refractivity contribution < 1.29 is 53.8 Å². The molecule has 1 aliphatic carbocycles. The largest absolute Gasteiger partial charge is 0.493 e. The highest BCUT2D eigenvalue weighted by molar-refractivity contribution is 6.30. The van der Waals surface area contributed by atoms with Crippen LogP contribution in [0.15, 0.2) is 97.1 Å². The zero-order valence-corrected chi connectivity index (χ0v) is 29.7. The van der Waals surface area contributed by atoms with Gasteiger partial charge in [0.2, 0.25) is 0 Å². The molecule has 0 amide bonds. The van der Waals surface area contributed by atoms with Gasteiger partial charge in [0.15, 0.2) is 11.5 Å². The number of hydrogen-bond donors (Lipinski definition) is 3. The van der Waals surface area contributed by atoms with E-state index in [1.165, 1.54) is 31.4 Å². The number of benzene rings is 3. The molecule has 282 valence electrons. The van der Waals surface area contributed by atoms with Crippen LogP contribution < -0.4 is 18.9 Å². The molecule has 14 heteroatoms. The number of nitrogens with zero attached hydrogens (tertiary/aromatic N) is 1. The number of esters is 2. The normalized spacial score (nSPS) is 19.0. The van der Waals surface area contributed by atoms with Crippen molar-refractivity contribution in [3.63, 3.8) is 0 Å². The monoisotopic (exact) mass is 751 g/mol. The lowest BCUT2D eigenvalue weighted by Crippen LogP contribution is -2.21.